The monoisotopic (exact) mass is 430 g/mol. The maximum atomic E-state index is 12.6. The molecular formula is C25H32ClFN2O. The largest absolute Gasteiger partial charge is 0.345 e. The van der Waals surface area contributed by atoms with Crippen LogP contribution in [0.2, 0.25) is 5.02 Å². The second-order valence-corrected chi connectivity index (χ2v) is 8.07. The van der Waals surface area contributed by atoms with Crippen LogP contribution in [0.4, 0.5) is 4.39 Å². The highest BCUT2D eigenvalue weighted by Crippen LogP contribution is 2.25. The minimum absolute atomic E-state index is 0.0972. The number of carbonyl (C=O) groups excluding carboxylic acids is 1. The molecule has 5 heteroatoms. The first-order valence-corrected chi connectivity index (χ1v) is 10.7. The van der Waals surface area contributed by atoms with Crippen LogP contribution in [0.15, 0.2) is 42.5 Å². The summed E-state index contributed by atoms with van der Waals surface area (Å²) in [5, 5.41) is 9.00. The van der Waals surface area contributed by atoms with Gasteiger partial charge in [0.1, 0.15) is 11.9 Å². The summed E-state index contributed by atoms with van der Waals surface area (Å²) in [4.78, 5) is 13.0. The lowest BCUT2D eigenvalue weighted by Crippen LogP contribution is -2.20. The van der Waals surface area contributed by atoms with E-state index in [0.717, 1.165) is 30.5 Å². The van der Waals surface area contributed by atoms with E-state index >= 15 is 0 Å². The highest BCUT2D eigenvalue weighted by atomic mass is 35.5. The molecule has 2 aromatic carbocycles. The molecule has 1 aliphatic heterocycles. The van der Waals surface area contributed by atoms with Crippen molar-refractivity contribution in [3.63, 3.8) is 0 Å². The number of amides is 1. The molecule has 3 nitrogen and oxygen atoms in total. The van der Waals surface area contributed by atoms with E-state index in [0.29, 0.717) is 28.3 Å². The maximum Gasteiger partial charge on any atom is 0.222 e. The van der Waals surface area contributed by atoms with Gasteiger partial charge in [0.2, 0.25) is 5.91 Å². The van der Waals surface area contributed by atoms with Crippen LogP contribution in [-0.2, 0) is 11.2 Å². The molecule has 1 saturated heterocycles. The van der Waals surface area contributed by atoms with E-state index < -0.39 is 0 Å². The molecule has 0 aliphatic carbocycles. The van der Waals surface area contributed by atoms with E-state index in [-0.39, 0.29) is 5.82 Å². The second-order valence-electron chi connectivity index (χ2n) is 7.66. The molecule has 0 spiro atoms. The fourth-order valence-electron chi connectivity index (χ4n) is 3.11. The van der Waals surface area contributed by atoms with E-state index in [1.165, 1.54) is 12.5 Å². The molecule has 3 rings (SSSR count). The Bertz CT molecular complexity index is 862. The molecule has 30 heavy (non-hydrogen) atoms. The van der Waals surface area contributed by atoms with Crippen molar-refractivity contribution in [2.75, 3.05) is 13.6 Å². The minimum atomic E-state index is -0.0972. The van der Waals surface area contributed by atoms with E-state index in [9.17, 15) is 9.18 Å². The first-order chi connectivity index (χ1) is 14.2. The van der Waals surface area contributed by atoms with Gasteiger partial charge in [-0.25, -0.2) is 4.39 Å². The van der Waals surface area contributed by atoms with Crippen molar-refractivity contribution in [3.05, 3.63) is 70.0 Å². The maximum absolute atomic E-state index is 12.6. The molecule has 0 saturated carbocycles. The summed E-state index contributed by atoms with van der Waals surface area (Å²) in [5.41, 5.74) is 2.40. The highest BCUT2D eigenvalue weighted by molar-refractivity contribution is 6.31. The number of hydrogen-bond donors (Lipinski definition) is 0. The van der Waals surface area contributed by atoms with Gasteiger partial charge in [-0.05, 0) is 54.5 Å². The Kier molecular flexibility index (Phi) is 11.1. The summed E-state index contributed by atoms with van der Waals surface area (Å²) in [6.45, 7) is 9.27. The van der Waals surface area contributed by atoms with E-state index in [1.54, 1.807) is 24.3 Å². The Morgan fingerprint density at radius 3 is 2.37 bits per heavy atom. The number of likely N-dealkylation sites (tertiary alicyclic amines) is 1. The fourth-order valence-corrected chi connectivity index (χ4v) is 3.39. The predicted molar refractivity (Wildman–Crippen MR) is 122 cm³/mol. The van der Waals surface area contributed by atoms with Crippen LogP contribution in [-0.4, -0.2) is 24.4 Å². The van der Waals surface area contributed by atoms with Crippen molar-refractivity contribution in [1.29, 1.82) is 5.26 Å². The van der Waals surface area contributed by atoms with Crippen molar-refractivity contribution in [1.82, 2.24) is 4.90 Å². The third-order valence-electron chi connectivity index (χ3n) is 5.40. The molecule has 2 atom stereocenters. The Morgan fingerprint density at radius 1 is 1.27 bits per heavy atom. The van der Waals surface area contributed by atoms with Gasteiger partial charge in [0, 0.05) is 20.0 Å². The normalized spacial score (nSPS) is 16.0. The van der Waals surface area contributed by atoms with Gasteiger partial charge in [0.05, 0.1) is 10.6 Å². The van der Waals surface area contributed by atoms with Crippen LogP contribution in [0.5, 0.6) is 0 Å². The van der Waals surface area contributed by atoms with Crippen molar-refractivity contribution in [3.8, 4) is 6.07 Å². The van der Waals surface area contributed by atoms with Gasteiger partial charge in [-0.3, -0.25) is 4.79 Å². The Morgan fingerprint density at radius 2 is 1.93 bits per heavy atom. The lowest BCUT2D eigenvalue weighted by molar-refractivity contribution is -0.126. The van der Waals surface area contributed by atoms with Gasteiger partial charge >= 0.3 is 0 Å². The summed E-state index contributed by atoms with van der Waals surface area (Å²) < 4.78 is 12.6. The minimum Gasteiger partial charge on any atom is -0.345 e. The van der Waals surface area contributed by atoms with Crippen molar-refractivity contribution < 1.29 is 9.18 Å². The van der Waals surface area contributed by atoms with E-state index in [1.807, 2.05) is 44.0 Å². The molecule has 2 aromatic rings. The van der Waals surface area contributed by atoms with Gasteiger partial charge in [-0.2, -0.15) is 5.26 Å². The molecule has 2 unspecified atom stereocenters. The summed E-state index contributed by atoms with van der Waals surface area (Å²) in [6, 6.07) is 14.2. The van der Waals surface area contributed by atoms with Crippen LogP contribution >= 0.6 is 11.6 Å². The summed E-state index contributed by atoms with van der Waals surface area (Å²) >= 11 is 5.71. The molecule has 1 fully saturated rings. The molecule has 1 aliphatic rings. The van der Waals surface area contributed by atoms with Gasteiger partial charge in [0.15, 0.2) is 0 Å². The van der Waals surface area contributed by atoms with Gasteiger partial charge in [0.25, 0.3) is 0 Å². The highest BCUT2D eigenvalue weighted by Gasteiger charge is 2.29. The number of rotatable bonds is 3. The number of aryl methyl sites for hydroxylation is 2. The van der Waals surface area contributed by atoms with Crippen molar-refractivity contribution in [2.45, 2.75) is 47.0 Å². The molecule has 1 amide bonds. The molecule has 1 heterocycles. The van der Waals surface area contributed by atoms with Crippen LogP contribution in [0.25, 0.3) is 0 Å². The van der Waals surface area contributed by atoms with Crippen LogP contribution in [0, 0.1) is 35.9 Å². The first-order valence-electron chi connectivity index (χ1n) is 10.4. The first kappa shape index (κ1) is 25.7. The molecule has 162 valence electrons. The smallest absolute Gasteiger partial charge is 0.222 e. The summed E-state index contributed by atoms with van der Waals surface area (Å²) in [7, 11) is 1.89. The Balaban J connectivity index is 0.000000226. The van der Waals surface area contributed by atoms with E-state index in [4.69, 9.17) is 16.9 Å². The van der Waals surface area contributed by atoms with Gasteiger partial charge < -0.3 is 4.90 Å². The van der Waals surface area contributed by atoms with Crippen LogP contribution in [0.1, 0.15) is 50.3 Å². The van der Waals surface area contributed by atoms with Crippen LogP contribution in [0.3, 0.4) is 0 Å². The lowest BCUT2D eigenvalue weighted by Gasteiger charge is -2.15. The molecular weight excluding hydrogens is 399 g/mol. The van der Waals surface area contributed by atoms with Crippen molar-refractivity contribution >= 4 is 17.5 Å². The molecule has 0 radical (unpaired) electrons. The van der Waals surface area contributed by atoms with Crippen LogP contribution < -0.4 is 0 Å². The third-order valence-corrected chi connectivity index (χ3v) is 5.72. The number of benzene rings is 2. The van der Waals surface area contributed by atoms with Gasteiger partial charge in [-0.15, -0.1) is 0 Å². The average molecular weight is 431 g/mol. The fraction of sp³-hybridized carbons (Fsp3) is 0.440. The molecule has 0 aromatic heterocycles. The van der Waals surface area contributed by atoms with E-state index in [2.05, 4.69) is 13.8 Å². The summed E-state index contributed by atoms with van der Waals surface area (Å²) in [5.74, 6) is 1.52. The number of hydrogen-bond acceptors (Lipinski definition) is 2. The zero-order chi connectivity index (χ0) is 22.7. The summed E-state index contributed by atoms with van der Waals surface area (Å²) in [6.07, 6.45) is 2.73. The SMILES string of the molecule is CCC(C)C1CC(=O)N(C)C1.CCc1ccccc1F.Cc1ccc(C#N)c(Cl)c1. The zero-order valence-corrected chi connectivity index (χ0v) is 19.3. The molecule has 0 bridgehead atoms. The number of carbonyl (C=O) groups is 1. The third kappa shape index (κ3) is 8.16. The number of nitrogens with zero attached hydrogens (tertiary/aromatic N) is 2. The second kappa shape index (κ2) is 13.0. The predicted octanol–water partition coefficient (Wildman–Crippen LogP) is 6.42. The quantitative estimate of drug-likeness (QED) is 0.563. The van der Waals surface area contributed by atoms with Gasteiger partial charge in [-0.1, -0.05) is 63.1 Å². The zero-order valence-electron chi connectivity index (χ0n) is 18.6. The standard InChI is InChI=1S/C9H17NO.C8H6ClN.C8H9F/c1-4-7(2)8-5-9(11)10(3)6-8;1-6-2-3-7(5-10)8(9)4-6;1-2-7-5-3-4-6-8(7)9/h7-8H,4-6H2,1-3H3;2-4H,1H3;3-6H,2H2,1H3. The Hall–Kier alpha value is -2.38. The Labute approximate surface area is 185 Å². The number of nitriles is 1. The average Bonchev–Trinajstić information content (AvgIpc) is 3.07. The number of halogens is 2. The molecule has 0 N–H and O–H groups in total. The van der Waals surface area contributed by atoms with Crippen molar-refractivity contribution in [2.24, 2.45) is 11.8 Å². The lowest BCUT2D eigenvalue weighted by atomic mass is 9.91. The topological polar surface area (TPSA) is 44.1 Å².